The van der Waals surface area contributed by atoms with Crippen LogP contribution >= 0.6 is 0 Å². The van der Waals surface area contributed by atoms with E-state index in [2.05, 4.69) is 6.58 Å². The van der Waals surface area contributed by atoms with Gasteiger partial charge in [-0.2, -0.15) is 0 Å². The van der Waals surface area contributed by atoms with Crippen molar-refractivity contribution in [2.75, 3.05) is 7.05 Å². The van der Waals surface area contributed by atoms with Gasteiger partial charge < -0.3 is 9.64 Å². The van der Waals surface area contributed by atoms with Crippen molar-refractivity contribution in [1.29, 1.82) is 0 Å². The summed E-state index contributed by atoms with van der Waals surface area (Å²) in [6, 6.07) is 9.07. The van der Waals surface area contributed by atoms with Gasteiger partial charge >= 0.3 is 6.09 Å². The van der Waals surface area contributed by atoms with Gasteiger partial charge in [-0.05, 0) is 32.4 Å². The minimum absolute atomic E-state index is 0.107. The van der Waals surface area contributed by atoms with Gasteiger partial charge in [-0.1, -0.05) is 36.9 Å². The van der Waals surface area contributed by atoms with Crippen LogP contribution in [0.25, 0.3) is 0 Å². The number of benzene rings is 1. The third kappa shape index (κ3) is 3.73. The zero-order valence-corrected chi connectivity index (χ0v) is 14.2. The summed E-state index contributed by atoms with van der Waals surface area (Å²) in [6.07, 6.45) is 1.05. The summed E-state index contributed by atoms with van der Waals surface area (Å²) in [6.45, 7) is 9.18. The lowest BCUT2D eigenvalue weighted by atomic mass is 10.1. The van der Waals surface area contributed by atoms with Crippen molar-refractivity contribution in [2.24, 2.45) is 0 Å². The number of likely N-dealkylation sites (N-methyl/N-ethyl adjacent to an activating group) is 1. The van der Waals surface area contributed by atoms with Gasteiger partial charge in [0, 0.05) is 13.5 Å². The van der Waals surface area contributed by atoms with E-state index in [9.17, 15) is 9.59 Å². The fourth-order valence-electron chi connectivity index (χ4n) is 2.70. The number of rotatable bonds is 3. The van der Waals surface area contributed by atoms with E-state index in [-0.39, 0.29) is 5.91 Å². The second-order valence-electron chi connectivity index (χ2n) is 6.69. The topological polar surface area (TPSA) is 49.9 Å². The molecule has 0 N–H and O–H groups in total. The van der Waals surface area contributed by atoms with Crippen molar-refractivity contribution < 1.29 is 14.3 Å². The third-order valence-corrected chi connectivity index (χ3v) is 3.74. The Morgan fingerprint density at radius 2 is 1.91 bits per heavy atom. The van der Waals surface area contributed by atoms with E-state index in [1.165, 1.54) is 9.80 Å². The van der Waals surface area contributed by atoms with Crippen LogP contribution in [-0.4, -0.2) is 46.7 Å². The first-order chi connectivity index (χ1) is 10.7. The van der Waals surface area contributed by atoms with Crippen molar-refractivity contribution >= 4 is 12.0 Å². The Labute approximate surface area is 137 Å². The predicted octanol–water partition coefficient (Wildman–Crippen LogP) is 2.82. The van der Waals surface area contributed by atoms with Crippen LogP contribution in [0.1, 0.15) is 26.3 Å². The normalized spacial score (nSPS) is 21.5. The lowest BCUT2D eigenvalue weighted by Gasteiger charge is -2.30. The average molecular weight is 316 g/mol. The lowest BCUT2D eigenvalue weighted by molar-refractivity contribution is -0.128. The summed E-state index contributed by atoms with van der Waals surface area (Å²) in [5, 5.41) is 0. The highest BCUT2D eigenvalue weighted by Crippen LogP contribution is 2.26. The molecule has 1 fully saturated rings. The molecule has 1 aliphatic heterocycles. The second-order valence-corrected chi connectivity index (χ2v) is 6.69. The van der Waals surface area contributed by atoms with E-state index in [1.807, 2.05) is 51.1 Å². The van der Waals surface area contributed by atoms with Gasteiger partial charge in [-0.25, -0.2) is 4.79 Å². The van der Waals surface area contributed by atoms with Crippen LogP contribution in [0.15, 0.2) is 43.0 Å². The Kier molecular flexibility index (Phi) is 4.78. The van der Waals surface area contributed by atoms with E-state index < -0.39 is 23.9 Å². The fraction of sp³-hybridized carbons (Fsp3) is 0.444. The Morgan fingerprint density at radius 1 is 1.30 bits per heavy atom. The van der Waals surface area contributed by atoms with Crippen LogP contribution in [0.3, 0.4) is 0 Å². The maximum absolute atomic E-state index is 12.6. The minimum atomic E-state index is -0.621. The Morgan fingerprint density at radius 3 is 2.43 bits per heavy atom. The number of nitrogens with zero attached hydrogens (tertiary/aromatic N) is 2. The molecule has 1 heterocycles. The Balaban J connectivity index is 2.30. The zero-order chi connectivity index (χ0) is 17.2. The van der Waals surface area contributed by atoms with Gasteiger partial charge in [0.2, 0.25) is 5.91 Å². The molecule has 2 rings (SSSR count). The fourth-order valence-corrected chi connectivity index (χ4v) is 2.70. The van der Waals surface area contributed by atoms with Crippen molar-refractivity contribution in [3.63, 3.8) is 0 Å². The highest BCUT2D eigenvalue weighted by Gasteiger charge is 2.46. The molecule has 5 heteroatoms. The predicted molar refractivity (Wildman–Crippen MR) is 88.8 cm³/mol. The first-order valence-corrected chi connectivity index (χ1v) is 7.69. The van der Waals surface area contributed by atoms with Crippen LogP contribution < -0.4 is 0 Å². The van der Waals surface area contributed by atoms with E-state index in [1.54, 1.807) is 13.1 Å². The van der Waals surface area contributed by atoms with Gasteiger partial charge in [-0.15, -0.1) is 0 Å². The quantitative estimate of drug-likeness (QED) is 0.806. The lowest BCUT2D eigenvalue weighted by Crippen LogP contribution is -2.46. The molecule has 2 atom stereocenters. The smallest absolute Gasteiger partial charge is 0.412 e. The first-order valence-electron chi connectivity index (χ1n) is 7.69. The van der Waals surface area contributed by atoms with Gasteiger partial charge in [0.25, 0.3) is 0 Å². The summed E-state index contributed by atoms with van der Waals surface area (Å²) >= 11 is 0. The molecule has 23 heavy (non-hydrogen) atoms. The van der Waals surface area contributed by atoms with Crippen LogP contribution in [0.5, 0.6) is 0 Å². The third-order valence-electron chi connectivity index (χ3n) is 3.74. The molecule has 0 aromatic heterocycles. The van der Waals surface area contributed by atoms with Crippen LogP contribution in [0.4, 0.5) is 4.79 Å². The number of carbonyl (C=O) groups excluding carboxylic acids is 2. The molecule has 124 valence electrons. The molecule has 0 bridgehead atoms. The summed E-state index contributed by atoms with van der Waals surface area (Å²) in [7, 11) is 1.68. The molecule has 0 unspecified atom stereocenters. The van der Waals surface area contributed by atoms with E-state index >= 15 is 0 Å². The Hall–Kier alpha value is -2.30. The maximum atomic E-state index is 12.6. The van der Waals surface area contributed by atoms with Crippen LogP contribution in [-0.2, 0) is 16.0 Å². The van der Waals surface area contributed by atoms with Crippen molar-refractivity contribution in [3.8, 4) is 0 Å². The monoisotopic (exact) mass is 316 g/mol. The van der Waals surface area contributed by atoms with Crippen LogP contribution in [0.2, 0.25) is 0 Å². The summed E-state index contributed by atoms with van der Waals surface area (Å²) in [4.78, 5) is 28.2. The average Bonchev–Trinajstić information content (AvgIpc) is 2.71. The largest absolute Gasteiger partial charge is 0.444 e. The van der Waals surface area contributed by atoms with Crippen molar-refractivity contribution in [1.82, 2.24) is 9.80 Å². The van der Waals surface area contributed by atoms with Crippen LogP contribution in [0, 0.1) is 0 Å². The van der Waals surface area contributed by atoms with E-state index in [4.69, 9.17) is 4.74 Å². The van der Waals surface area contributed by atoms with Crippen molar-refractivity contribution in [2.45, 2.75) is 45.0 Å². The minimum Gasteiger partial charge on any atom is -0.444 e. The molecule has 2 amide bonds. The molecular formula is C18H24N2O3. The van der Waals surface area contributed by atoms with E-state index in [0.29, 0.717) is 6.42 Å². The highest BCUT2D eigenvalue weighted by molar-refractivity contribution is 5.90. The molecular weight excluding hydrogens is 292 g/mol. The van der Waals surface area contributed by atoms with Gasteiger partial charge in [0.05, 0.1) is 0 Å². The SMILES string of the molecule is C=C[C@@H]1N(C)C(=O)[C@H](Cc2ccccc2)N1C(=O)OC(C)(C)C. The van der Waals surface area contributed by atoms with Gasteiger partial charge in [-0.3, -0.25) is 9.69 Å². The van der Waals surface area contributed by atoms with Crippen molar-refractivity contribution in [3.05, 3.63) is 48.6 Å². The molecule has 0 spiro atoms. The summed E-state index contributed by atoms with van der Waals surface area (Å²) in [5.41, 5.74) is 0.377. The molecule has 1 aliphatic rings. The standard InChI is InChI=1S/C18H24N2O3/c1-6-15-19(5)16(21)14(12-13-10-8-7-9-11-13)20(15)17(22)23-18(2,3)4/h6-11,14-15H,1,12H2,2-5H3/t14-,15+/m0/s1. The molecule has 1 aromatic carbocycles. The molecule has 0 saturated carbocycles. The molecule has 1 aromatic rings. The van der Waals surface area contributed by atoms with E-state index in [0.717, 1.165) is 5.56 Å². The zero-order valence-electron chi connectivity index (χ0n) is 14.2. The molecule has 0 aliphatic carbocycles. The van der Waals surface area contributed by atoms with Gasteiger partial charge in [0.1, 0.15) is 17.8 Å². The molecule has 0 radical (unpaired) electrons. The number of amides is 2. The number of hydrogen-bond donors (Lipinski definition) is 0. The van der Waals surface area contributed by atoms with Gasteiger partial charge in [0.15, 0.2) is 0 Å². The summed E-state index contributed by atoms with van der Waals surface area (Å²) in [5.74, 6) is -0.107. The molecule has 1 saturated heterocycles. The summed E-state index contributed by atoms with van der Waals surface area (Å²) < 4.78 is 5.48. The number of hydrogen-bond acceptors (Lipinski definition) is 3. The number of ether oxygens (including phenoxy) is 1. The molecule has 5 nitrogen and oxygen atoms in total. The maximum Gasteiger partial charge on any atom is 0.412 e. The Bertz CT molecular complexity index is 592. The highest BCUT2D eigenvalue weighted by atomic mass is 16.6. The number of carbonyl (C=O) groups is 2. The second kappa shape index (κ2) is 6.44. The first kappa shape index (κ1) is 17.1.